The smallest absolute Gasteiger partial charge is 0.316 e. The number of hydrogen-bond acceptors (Lipinski definition) is 5. The number of fused-ring (bicyclic) bond motifs is 1. The van der Waals surface area contributed by atoms with Crippen molar-refractivity contribution in [3.8, 4) is 6.01 Å². The minimum absolute atomic E-state index is 0. The monoisotopic (exact) mass is 424 g/mol. The van der Waals surface area contributed by atoms with Crippen molar-refractivity contribution in [3.63, 3.8) is 0 Å². The molecule has 0 saturated heterocycles. The Labute approximate surface area is 182 Å². The molecule has 164 valence electrons. The highest BCUT2D eigenvalue weighted by Crippen LogP contribution is 2.40. The van der Waals surface area contributed by atoms with E-state index in [1.54, 1.807) is 12.3 Å². The Hall–Kier alpha value is -3.09. The third kappa shape index (κ3) is 4.50. The number of carbonyl (C=O) groups is 1. The van der Waals surface area contributed by atoms with E-state index < -0.39 is 0 Å². The van der Waals surface area contributed by atoms with Crippen LogP contribution in [0.15, 0.2) is 42.9 Å². The van der Waals surface area contributed by atoms with Crippen LogP contribution < -0.4 is 10.1 Å². The van der Waals surface area contributed by atoms with E-state index in [2.05, 4.69) is 27.2 Å². The van der Waals surface area contributed by atoms with Gasteiger partial charge in [-0.25, -0.2) is 14.4 Å². The molecule has 2 aromatic heterocycles. The van der Waals surface area contributed by atoms with Crippen LogP contribution in [0.3, 0.4) is 0 Å². The van der Waals surface area contributed by atoms with Gasteiger partial charge in [-0.3, -0.25) is 9.78 Å². The molecule has 4 rings (SSSR count). The molecule has 7 heteroatoms. The van der Waals surface area contributed by atoms with E-state index >= 15 is 0 Å². The van der Waals surface area contributed by atoms with Crippen LogP contribution in [0.2, 0.25) is 0 Å². The highest BCUT2D eigenvalue weighted by Gasteiger charge is 2.29. The summed E-state index contributed by atoms with van der Waals surface area (Å²) in [4.78, 5) is 24.9. The number of nitrogens with one attached hydrogen (secondary N) is 1. The van der Waals surface area contributed by atoms with Gasteiger partial charge in [-0.15, -0.1) is 0 Å². The van der Waals surface area contributed by atoms with Crippen molar-refractivity contribution < 1.29 is 15.3 Å². The van der Waals surface area contributed by atoms with Crippen molar-refractivity contribution in [2.45, 2.75) is 51.0 Å². The normalized spacial score (nSPS) is 19.7. The summed E-state index contributed by atoms with van der Waals surface area (Å²) in [6.45, 7) is 2.10. The van der Waals surface area contributed by atoms with Gasteiger partial charge in [0.1, 0.15) is 11.3 Å². The number of para-hydroxylation sites is 1. The van der Waals surface area contributed by atoms with Gasteiger partial charge in [-0.05, 0) is 61.6 Å². The number of aromatic nitrogens is 3. The Balaban J connectivity index is 0.00000289. The maximum atomic E-state index is 14.1. The summed E-state index contributed by atoms with van der Waals surface area (Å²) in [6.07, 6.45) is 9.59. The van der Waals surface area contributed by atoms with E-state index in [0.717, 1.165) is 37.5 Å². The van der Waals surface area contributed by atoms with Crippen molar-refractivity contribution in [1.82, 2.24) is 20.3 Å². The number of halogens is 1. The van der Waals surface area contributed by atoms with Crippen LogP contribution in [0.1, 0.15) is 62.3 Å². The lowest BCUT2D eigenvalue weighted by Crippen LogP contribution is -2.41. The van der Waals surface area contributed by atoms with Gasteiger partial charge in [0, 0.05) is 31.4 Å². The summed E-state index contributed by atoms with van der Waals surface area (Å²) in [5.41, 5.74) is 2.05. The quantitative estimate of drug-likeness (QED) is 0.609. The fourth-order valence-corrected chi connectivity index (χ4v) is 4.69. The Morgan fingerprint density at radius 1 is 1.19 bits per heavy atom. The molecular formula is C24H29FN4O2. The Morgan fingerprint density at radius 2 is 1.94 bits per heavy atom. The van der Waals surface area contributed by atoms with E-state index in [0.29, 0.717) is 22.9 Å². The number of nitrogens with zero attached hydrogens (tertiary/aromatic N) is 3. The van der Waals surface area contributed by atoms with Gasteiger partial charge in [-0.1, -0.05) is 19.1 Å². The number of rotatable bonds is 6. The van der Waals surface area contributed by atoms with Crippen LogP contribution in [0, 0.1) is 11.7 Å². The van der Waals surface area contributed by atoms with Gasteiger partial charge < -0.3 is 10.1 Å². The van der Waals surface area contributed by atoms with Crippen molar-refractivity contribution >= 4 is 16.8 Å². The number of carbonyl (C=O) groups excluding carboxylic acids is 1. The average molecular weight is 425 g/mol. The third-order valence-electron chi connectivity index (χ3n) is 6.37. The van der Waals surface area contributed by atoms with Gasteiger partial charge in [0.2, 0.25) is 0 Å². The number of methoxy groups -OCH3 is 1. The van der Waals surface area contributed by atoms with E-state index in [9.17, 15) is 9.18 Å². The molecule has 0 radical (unpaired) electrons. The van der Waals surface area contributed by atoms with Crippen LogP contribution in [0.5, 0.6) is 6.01 Å². The molecule has 1 amide bonds. The lowest BCUT2D eigenvalue weighted by molar-refractivity contribution is 0.0908. The molecule has 0 spiro atoms. The molecular weight excluding hydrogens is 395 g/mol. The first-order chi connectivity index (χ1) is 15.1. The fraction of sp³-hybridized carbons (Fsp3) is 0.417. The van der Waals surface area contributed by atoms with Crippen LogP contribution in [0.25, 0.3) is 10.9 Å². The van der Waals surface area contributed by atoms with Gasteiger partial charge in [0.15, 0.2) is 0 Å². The van der Waals surface area contributed by atoms with Crippen LogP contribution >= 0.6 is 0 Å². The second-order valence-corrected chi connectivity index (χ2v) is 8.09. The Bertz CT molecular complexity index is 1060. The van der Waals surface area contributed by atoms with Crippen LogP contribution in [0.4, 0.5) is 4.39 Å². The molecule has 1 fully saturated rings. The Morgan fingerprint density at radius 3 is 2.61 bits per heavy atom. The topological polar surface area (TPSA) is 77.0 Å². The number of benzene rings is 1. The number of amides is 1. The molecule has 31 heavy (non-hydrogen) atoms. The number of ether oxygens (including phenoxy) is 1. The lowest BCUT2D eigenvalue weighted by Gasteiger charge is -2.34. The second kappa shape index (κ2) is 9.37. The molecule has 3 aromatic rings. The summed E-state index contributed by atoms with van der Waals surface area (Å²) in [5, 5.41) is 4.07. The number of pyridine rings is 1. The highest BCUT2D eigenvalue weighted by atomic mass is 19.1. The maximum Gasteiger partial charge on any atom is 0.316 e. The van der Waals surface area contributed by atoms with Crippen molar-refractivity contribution in [1.29, 1.82) is 0 Å². The zero-order chi connectivity index (χ0) is 21.8. The first-order valence-corrected chi connectivity index (χ1v) is 10.8. The van der Waals surface area contributed by atoms with Gasteiger partial charge >= 0.3 is 6.01 Å². The van der Waals surface area contributed by atoms with E-state index in [1.165, 1.54) is 31.1 Å². The summed E-state index contributed by atoms with van der Waals surface area (Å²) >= 11 is 0. The minimum Gasteiger partial charge on any atom is -0.467 e. The first-order valence-electron chi connectivity index (χ1n) is 10.8. The third-order valence-corrected chi connectivity index (χ3v) is 6.37. The molecule has 0 aliphatic heterocycles. The molecule has 2 heterocycles. The molecule has 1 saturated carbocycles. The fourth-order valence-electron chi connectivity index (χ4n) is 4.69. The van der Waals surface area contributed by atoms with Crippen molar-refractivity contribution in [3.05, 3.63) is 59.8 Å². The predicted molar refractivity (Wildman–Crippen MR) is 119 cm³/mol. The highest BCUT2D eigenvalue weighted by molar-refractivity contribution is 5.93. The minimum atomic E-state index is -0.274. The van der Waals surface area contributed by atoms with Crippen LogP contribution in [-0.4, -0.2) is 34.0 Å². The molecule has 1 aliphatic carbocycles. The molecule has 0 unspecified atom stereocenters. The van der Waals surface area contributed by atoms with E-state index in [4.69, 9.17) is 4.74 Å². The summed E-state index contributed by atoms with van der Waals surface area (Å²) in [6, 6.07) is 7.53. The largest absolute Gasteiger partial charge is 0.467 e. The summed E-state index contributed by atoms with van der Waals surface area (Å²) < 4.78 is 19.1. The molecule has 1 aromatic carbocycles. The first kappa shape index (κ1) is 21.2. The molecule has 1 aliphatic rings. The summed E-state index contributed by atoms with van der Waals surface area (Å²) in [5.74, 6) is 0.359. The lowest BCUT2D eigenvalue weighted by atomic mass is 9.75. The van der Waals surface area contributed by atoms with Crippen LogP contribution in [-0.2, 0) is 0 Å². The van der Waals surface area contributed by atoms with E-state index in [-0.39, 0.29) is 25.2 Å². The molecule has 0 bridgehead atoms. The zero-order valence-corrected chi connectivity index (χ0v) is 17.8. The van der Waals surface area contributed by atoms with Crippen molar-refractivity contribution in [2.75, 3.05) is 7.11 Å². The standard InChI is InChI=1S/C24H27FN4O2.H2/c1-3-21(29-23(30)17-13-27-24(31-2)28-14-17)16-9-7-15(8-10-16)18-11-12-26-22-19(18)5-4-6-20(22)25;/h4-6,11-16,21H,3,7-10H2,1-2H3,(H,29,30);1H/t15?,16?,21-;/m0./s1. The van der Waals surface area contributed by atoms with Gasteiger partial charge in [0.05, 0.1) is 12.7 Å². The average Bonchev–Trinajstić information content (AvgIpc) is 2.82. The predicted octanol–water partition coefficient (Wildman–Crippen LogP) is 4.90. The van der Waals surface area contributed by atoms with E-state index in [1.807, 2.05) is 12.1 Å². The molecule has 1 N–H and O–H groups in total. The molecule has 1 atom stereocenters. The SMILES string of the molecule is CC[C@H](NC(=O)c1cnc(OC)nc1)C1CCC(c2ccnc3c(F)cccc23)CC1.[HH]. The van der Waals surface area contributed by atoms with Gasteiger partial charge in [0.25, 0.3) is 5.91 Å². The van der Waals surface area contributed by atoms with Gasteiger partial charge in [-0.2, -0.15) is 0 Å². The van der Waals surface area contributed by atoms with Crippen molar-refractivity contribution in [2.24, 2.45) is 5.92 Å². The summed E-state index contributed by atoms with van der Waals surface area (Å²) in [7, 11) is 1.49. The number of hydrogen-bond donors (Lipinski definition) is 1. The maximum absolute atomic E-state index is 14.1. The molecule has 6 nitrogen and oxygen atoms in total. The zero-order valence-electron chi connectivity index (χ0n) is 17.8. The second-order valence-electron chi connectivity index (χ2n) is 8.09. The Kier molecular flexibility index (Phi) is 6.39.